The molecule has 0 saturated heterocycles. The highest BCUT2D eigenvalue weighted by Crippen LogP contribution is 2.36. The van der Waals surface area contributed by atoms with E-state index in [0.29, 0.717) is 17.8 Å². The van der Waals surface area contributed by atoms with Gasteiger partial charge in [-0.25, -0.2) is 0 Å². The molecule has 0 radical (unpaired) electrons. The van der Waals surface area contributed by atoms with E-state index in [1.165, 1.54) is 16.7 Å². The van der Waals surface area contributed by atoms with Crippen molar-refractivity contribution in [1.29, 1.82) is 0 Å². The van der Waals surface area contributed by atoms with Gasteiger partial charge in [-0.3, -0.25) is 0 Å². The van der Waals surface area contributed by atoms with Gasteiger partial charge < -0.3 is 0 Å². The minimum absolute atomic E-state index is 0.414. The zero-order valence-electron chi connectivity index (χ0n) is 11.9. The highest BCUT2D eigenvalue weighted by atomic mass is 14.2. The van der Waals surface area contributed by atoms with Crippen LogP contribution in [-0.2, 0) is 0 Å². The summed E-state index contributed by atoms with van der Waals surface area (Å²) in [5.41, 5.74) is 4.25. The van der Waals surface area contributed by atoms with Crippen molar-refractivity contribution in [2.24, 2.45) is 0 Å². The lowest BCUT2D eigenvalue weighted by Crippen LogP contribution is -2.02. The molecule has 0 atom stereocenters. The second-order valence-electron chi connectivity index (χ2n) is 5.78. The summed E-state index contributed by atoms with van der Waals surface area (Å²) in [7, 11) is 0. The fourth-order valence-electron chi connectivity index (χ4n) is 3.33. The van der Waals surface area contributed by atoms with Crippen LogP contribution < -0.4 is 0 Å². The Morgan fingerprint density at radius 2 is 0.952 bits per heavy atom. The van der Waals surface area contributed by atoms with Crippen LogP contribution in [0.3, 0.4) is 0 Å². The van der Waals surface area contributed by atoms with Crippen molar-refractivity contribution in [3.05, 3.63) is 108 Å². The van der Waals surface area contributed by atoms with Crippen LogP contribution in [0, 0.1) is 0 Å². The molecule has 0 aromatic heterocycles. The third-order valence-electron chi connectivity index (χ3n) is 4.46. The van der Waals surface area contributed by atoms with Crippen molar-refractivity contribution >= 4 is 0 Å². The largest absolute Gasteiger partial charge is 0.0732 e. The number of benzene rings is 1. The zero-order chi connectivity index (χ0) is 14.1. The number of rotatable bonds is 3. The van der Waals surface area contributed by atoms with Gasteiger partial charge in [0.2, 0.25) is 0 Å². The summed E-state index contributed by atoms with van der Waals surface area (Å²) in [4.78, 5) is 0. The van der Waals surface area contributed by atoms with E-state index in [2.05, 4.69) is 91.1 Å². The van der Waals surface area contributed by atoms with Crippen molar-refractivity contribution in [2.45, 2.75) is 17.8 Å². The normalized spacial score (nSPS) is 20.6. The smallest absolute Gasteiger partial charge is 0.0208 e. The molecular weight excluding hydrogens is 252 g/mol. The van der Waals surface area contributed by atoms with E-state index in [-0.39, 0.29) is 0 Å². The molecule has 0 N–H and O–H groups in total. The predicted molar refractivity (Wildman–Crippen MR) is 89.5 cm³/mol. The van der Waals surface area contributed by atoms with Gasteiger partial charge in [-0.1, -0.05) is 91.1 Å². The maximum atomic E-state index is 2.39. The number of hydrogen-bond acceptors (Lipinski definition) is 0. The van der Waals surface area contributed by atoms with Crippen LogP contribution in [0.5, 0.6) is 0 Å². The summed E-state index contributed by atoms with van der Waals surface area (Å²) in [6.45, 7) is 0. The number of hydrogen-bond donors (Lipinski definition) is 0. The zero-order valence-corrected chi connectivity index (χ0v) is 11.9. The minimum atomic E-state index is 0.414. The molecule has 0 fully saturated rings. The average Bonchev–Trinajstić information content (AvgIpc) is 3.28. The van der Waals surface area contributed by atoms with Gasteiger partial charge in [0, 0.05) is 17.8 Å². The van der Waals surface area contributed by atoms with Crippen LogP contribution >= 0.6 is 0 Å². The van der Waals surface area contributed by atoms with Crippen molar-refractivity contribution in [2.75, 3.05) is 0 Å². The Bertz CT molecular complexity index is 686. The molecule has 0 heterocycles. The second-order valence-corrected chi connectivity index (χ2v) is 5.78. The predicted octanol–water partition coefficient (Wildman–Crippen LogP) is 5.32. The molecule has 3 aliphatic carbocycles. The first-order valence-corrected chi connectivity index (χ1v) is 7.60. The topological polar surface area (TPSA) is 0 Å². The van der Waals surface area contributed by atoms with Crippen LogP contribution in [0.4, 0.5) is 0 Å². The fraction of sp³-hybridized carbons (Fsp3) is 0.143. The molecule has 0 spiro atoms. The quantitative estimate of drug-likeness (QED) is 0.697. The average molecular weight is 270 g/mol. The Labute approximate surface area is 126 Å². The molecule has 0 saturated carbocycles. The van der Waals surface area contributed by atoms with E-state index >= 15 is 0 Å². The van der Waals surface area contributed by atoms with Gasteiger partial charge in [0.15, 0.2) is 0 Å². The van der Waals surface area contributed by atoms with Gasteiger partial charge in [-0.05, 0) is 16.7 Å². The standard InChI is InChI=1S/C21H18/c1-2-8-16(7-1)19-13-14-20(17-9-3-4-10-17)21(15-19)18-11-5-6-12-18/h1-18H. The molecule has 4 rings (SSSR count). The van der Waals surface area contributed by atoms with Crippen LogP contribution in [0.2, 0.25) is 0 Å². The molecule has 0 bridgehead atoms. The van der Waals surface area contributed by atoms with Gasteiger partial charge >= 0.3 is 0 Å². The molecule has 102 valence electrons. The summed E-state index contributed by atoms with van der Waals surface area (Å²) in [5.74, 6) is 1.27. The summed E-state index contributed by atoms with van der Waals surface area (Å²) in [6, 6.07) is 6.99. The van der Waals surface area contributed by atoms with Crippen molar-refractivity contribution in [3.63, 3.8) is 0 Å². The van der Waals surface area contributed by atoms with E-state index in [9.17, 15) is 0 Å². The maximum absolute atomic E-state index is 2.39. The highest BCUT2D eigenvalue weighted by Gasteiger charge is 2.19. The first-order chi connectivity index (χ1) is 10.4. The van der Waals surface area contributed by atoms with Gasteiger partial charge in [0.25, 0.3) is 0 Å². The van der Waals surface area contributed by atoms with Crippen LogP contribution in [0.15, 0.2) is 91.1 Å². The minimum Gasteiger partial charge on any atom is -0.0732 e. The Hall–Kier alpha value is -2.34. The molecular formula is C21H18. The van der Waals surface area contributed by atoms with Crippen molar-refractivity contribution in [1.82, 2.24) is 0 Å². The summed E-state index contributed by atoms with van der Waals surface area (Å²) >= 11 is 0. The lowest BCUT2D eigenvalue weighted by Gasteiger charge is -2.19. The van der Waals surface area contributed by atoms with Gasteiger partial charge in [-0.15, -0.1) is 0 Å². The van der Waals surface area contributed by atoms with E-state index in [4.69, 9.17) is 0 Å². The summed E-state index contributed by atoms with van der Waals surface area (Å²) in [5, 5.41) is 0. The Balaban J connectivity index is 1.79. The number of allylic oxidation sites excluding steroid dienone is 12. The third-order valence-corrected chi connectivity index (χ3v) is 4.46. The summed E-state index contributed by atoms with van der Waals surface area (Å²) in [6.07, 6.45) is 26.5. The highest BCUT2D eigenvalue weighted by molar-refractivity contribution is 5.50. The maximum Gasteiger partial charge on any atom is 0.0208 e. The molecule has 21 heavy (non-hydrogen) atoms. The van der Waals surface area contributed by atoms with E-state index in [1.54, 1.807) is 0 Å². The molecule has 0 unspecified atom stereocenters. The lowest BCUT2D eigenvalue weighted by molar-refractivity contribution is 0.977. The first-order valence-electron chi connectivity index (χ1n) is 7.60. The molecule has 0 nitrogen and oxygen atoms in total. The lowest BCUT2D eigenvalue weighted by atomic mass is 9.85. The van der Waals surface area contributed by atoms with Crippen molar-refractivity contribution in [3.8, 4) is 0 Å². The molecule has 3 aliphatic rings. The third kappa shape index (κ3) is 2.27. The fourth-order valence-corrected chi connectivity index (χ4v) is 3.33. The van der Waals surface area contributed by atoms with E-state index < -0.39 is 0 Å². The van der Waals surface area contributed by atoms with E-state index in [1.807, 2.05) is 0 Å². The monoisotopic (exact) mass is 270 g/mol. The van der Waals surface area contributed by atoms with Gasteiger partial charge in [-0.2, -0.15) is 0 Å². The van der Waals surface area contributed by atoms with Crippen LogP contribution in [-0.4, -0.2) is 0 Å². The SMILES string of the molecule is C1=CC(c2ccc(C3C=CC=C3)c(C3C=CC=C3)c2)C=C1. The Kier molecular flexibility index (Phi) is 3.08. The Morgan fingerprint density at radius 1 is 0.476 bits per heavy atom. The van der Waals surface area contributed by atoms with E-state index in [0.717, 1.165) is 0 Å². The van der Waals surface area contributed by atoms with Crippen molar-refractivity contribution < 1.29 is 0 Å². The molecule has 1 aromatic carbocycles. The van der Waals surface area contributed by atoms with Gasteiger partial charge in [0.1, 0.15) is 0 Å². The molecule has 0 aliphatic heterocycles. The van der Waals surface area contributed by atoms with Crippen LogP contribution in [0.1, 0.15) is 34.4 Å². The van der Waals surface area contributed by atoms with Crippen LogP contribution in [0.25, 0.3) is 0 Å². The molecule has 0 heteroatoms. The molecule has 1 aromatic rings. The summed E-state index contributed by atoms with van der Waals surface area (Å²) < 4.78 is 0. The second kappa shape index (κ2) is 5.21. The Morgan fingerprint density at radius 3 is 1.52 bits per heavy atom. The van der Waals surface area contributed by atoms with Gasteiger partial charge in [0.05, 0.1) is 0 Å². The molecule has 0 amide bonds. The first kappa shape index (κ1) is 12.4.